The molecule has 3 aromatic rings. The van der Waals surface area contributed by atoms with E-state index in [4.69, 9.17) is 0 Å². The number of aromatic amines is 1. The van der Waals surface area contributed by atoms with Gasteiger partial charge in [-0.3, -0.25) is 9.89 Å². The second-order valence-electron chi connectivity index (χ2n) is 7.28. The number of nitrogens with one attached hydrogen (secondary N) is 1. The van der Waals surface area contributed by atoms with Gasteiger partial charge in [0.25, 0.3) is 0 Å². The van der Waals surface area contributed by atoms with Gasteiger partial charge in [-0.2, -0.15) is 5.10 Å². The number of sulfone groups is 1. The molecule has 0 bridgehead atoms. The molecule has 1 aliphatic rings. The summed E-state index contributed by atoms with van der Waals surface area (Å²) >= 11 is 0. The maximum absolute atomic E-state index is 12.7. The molecule has 1 amide bonds. The first-order chi connectivity index (χ1) is 14.0. The number of piperidine rings is 1. The lowest BCUT2D eigenvalue weighted by molar-refractivity contribution is -0.132. The van der Waals surface area contributed by atoms with Gasteiger partial charge in [-0.05, 0) is 31.4 Å². The Morgan fingerprint density at radius 3 is 2.79 bits per heavy atom. The van der Waals surface area contributed by atoms with Crippen molar-refractivity contribution >= 4 is 26.9 Å². The molecule has 1 atom stereocenters. The van der Waals surface area contributed by atoms with E-state index in [9.17, 15) is 13.2 Å². The van der Waals surface area contributed by atoms with Crippen LogP contribution in [0.5, 0.6) is 0 Å². The Morgan fingerprint density at radius 2 is 1.97 bits per heavy atom. The lowest BCUT2D eigenvalue weighted by atomic mass is 9.94. The summed E-state index contributed by atoms with van der Waals surface area (Å²) in [7, 11) is -3.36. The fourth-order valence-corrected chi connectivity index (χ4v) is 5.14. The number of hydrogen-bond donors (Lipinski definition) is 1. The van der Waals surface area contributed by atoms with Crippen molar-refractivity contribution < 1.29 is 13.2 Å². The molecule has 9 heteroatoms. The molecule has 3 heterocycles. The molecular weight excluding hydrogens is 390 g/mol. The number of aromatic nitrogens is 4. The second kappa shape index (κ2) is 8.28. The number of hydrogen-bond acceptors (Lipinski definition) is 6. The highest BCUT2D eigenvalue weighted by Crippen LogP contribution is 2.29. The summed E-state index contributed by atoms with van der Waals surface area (Å²) in [5.74, 6) is 0.0937. The Bertz CT molecular complexity index is 1100. The van der Waals surface area contributed by atoms with Gasteiger partial charge in [0, 0.05) is 37.8 Å². The van der Waals surface area contributed by atoms with Crippen LogP contribution < -0.4 is 0 Å². The number of likely N-dealkylation sites (tertiary alicyclic amines) is 1. The SMILES string of the molecule is O=C(CCCS(=O)(=O)c1ccccc1)N1CCC[C@H](c2[nH]nc3nccnc23)C1. The minimum atomic E-state index is -3.36. The number of carbonyl (C=O) groups is 1. The van der Waals surface area contributed by atoms with Crippen LogP contribution in [0.15, 0.2) is 47.6 Å². The first-order valence-electron chi connectivity index (χ1n) is 9.75. The highest BCUT2D eigenvalue weighted by Gasteiger charge is 2.28. The van der Waals surface area contributed by atoms with Crippen LogP contribution in [-0.4, -0.2) is 58.2 Å². The van der Waals surface area contributed by atoms with E-state index in [2.05, 4.69) is 20.2 Å². The Hall–Kier alpha value is -2.81. The first-order valence-corrected chi connectivity index (χ1v) is 11.4. The third-order valence-corrected chi connectivity index (χ3v) is 7.12. The fourth-order valence-electron chi connectivity index (χ4n) is 3.81. The minimum absolute atomic E-state index is 0.00660. The van der Waals surface area contributed by atoms with Crippen LogP contribution in [0.1, 0.15) is 37.3 Å². The predicted molar refractivity (Wildman–Crippen MR) is 108 cm³/mol. The lowest BCUT2D eigenvalue weighted by Gasteiger charge is -2.32. The van der Waals surface area contributed by atoms with Crippen molar-refractivity contribution in [2.75, 3.05) is 18.8 Å². The van der Waals surface area contributed by atoms with Gasteiger partial charge in [0.15, 0.2) is 15.5 Å². The van der Waals surface area contributed by atoms with Crippen molar-refractivity contribution in [1.82, 2.24) is 25.1 Å². The van der Waals surface area contributed by atoms with Crippen LogP contribution in [0.25, 0.3) is 11.2 Å². The van der Waals surface area contributed by atoms with Crippen molar-refractivity contribution in [2.45, 2.75) is 36.5 Å². The van der Waals surface area contributed by atoms with Crippen molar-refractivity contribution in [3.63, 3.8) is 0 Å². The highest BCUT2D eigenvalue weighted by molar-refractivity contribution is 7.91. The number of H-pyrrole nitrogens is 1. The highest BCUT2D eigenvalue weighted by atomic mass is 32.2. The molecule has 8 nitrogen and oxygen atoms in total. The average molecular weight is 414 g/mol. The molecule has 0 spiro atoms. The van der Waals surface area contributed by atoms with Crippen LogP contribution in [0.2, 0.25) is 0 Å². The van der Waals surface area contributed by atoms with Crippen LogP contribution in [0.4, 0.5) is 0 Å². The number of nitrogens with zero attached hydrogens (tertiary/aromatic N) is 4. The van der Waals surface area contributed by atoms with Gasteiger partial charge in [0.1, 0.15) is 5.52 Å². The number of benzene rings is 1. The fraction of sp³-hybridized carbons (Fsp3) is 0.400. The predicted octanol–water partition coefficient (Wildman–Crippen LogP) is 2.31. The molecule has 1 aromatic carbocycles. The van der Waals surface area contributed by atoms with E-state index in [0.717, 1.165) is 24.1 Å². The van der Waals surface area contributed by atoms with Gasteiger partial charge in [0.2, 0.25) is 5.91 Å². The molecular formula is C20H23N5O3S. The minimum Gasteiger partial charge on any atom is -0.342 e. The van der Waals surface area contributed by atoms with Gasteiger partial charge in [-0.25, -0.2) is 18.4 Å². The summed E-state index contributed by atoms with van der Waals surface area (Å²) in [6, 6.07) is 8.36. The Balaban J connectivity index is 1.35. The van der Waals surface area contributed by atoms with Crippen molar-refractivity contribution in [3.8, 4) is 0 Å². The quantitative estimate of drug-likeness (QED) is 0.664. The van der Waals surface area contributed by atoms with E-state index < -0.39 is 9.84 Å². The normalized spacial score (nSPS) is 17.5. The van der Waals surface area contributed by atoms with Gasteiger partial charge in [-0.15, -0.1) is 0 Å². The van der Waals surface area contributed by atoms with Gasteiger partial charge < -0.3 is 4.90 Å². The maximum atomic E-state index is 12.7. The summed E-state index contributed by atoms with van der Waals surface area (Å²) in [4.78, 5) is 23.4. The Kier molecular flexibility index (Phi) is 5.57. The molecule has 152 valence electrons. The van der Waals surface area contributed by atoms with Gasteiger partial charge >= 0.3 is 0 Å². The standard InChI is InChI=1S/C20H23N5O3S/c26-17(9-5-13-29(27,28)16-7-2-1-3-8-16)25-12-4-6-15(14-25)18-19-20(24-23-18)22-11-10-21-19/h1-3,7-8,10-11,15H,4-6,9,12-14H2,(H,22,23,24)/t15-/m0/s1. The number of amides is 1. The number of rotatable bonds is 6. The molecule has 0 saturated carbocycles. The molecule has 0 unspecified atom stereocenters. The van der Waals surface area contributed by atoms with E-state index in [1.165, 1.54) is 0 Å². The summed E-state index contributed by atoms with van der Waals surface area (Å²) in [6.07, 6.45) is 5.62. The summed E-state index contributed by atoms with van der Waals surface area (Å²) in [5.41, 5.74) is 2.25. The average Bonchev–Trinajstić information content (AvgIpc) is 3.18. The molecule has 1 saturated heterocycles. The van der Waals surface area contributed by atoms with Crippen molar-refractivity contribution in [3.05, 3.63) is 48.4 Å². The lowest BCUT2D eigenvalue weighted by Crippen LogP contribution is -2.39. The molecule has 0 aliphatic carbocycles. The van der Waals surface area contributed by atoms with E-state index >= 15 is 0 Å². The third kappa shape index (κ3) is 4.29. The third-order valence-electron chi connectivity index (χ3n) is 5.30. The smallest absolute Gasteiger partial charge is 0.222 e. The van der Waals surface area contributed by atoms with Crippen LogP contribution in [0, 0.1) is 0 Å². The molecule has 1 N–H and O–H groups in total. The Labute approximate surface area is 169 Å². The van der Waals surface area contributed by atoms with E-state index in [-0.39, 0.29) is 24.0 Å². The maximum Gasteiger partial charge on any atom is 0.222 e. The molecule has 1 aliphatic heterocycles. The zero-order chi connectivity index (χ0) is 20.3. The molecule has 1 fully saturated rings. The molecule has 29 heavy (non-hydrogen) atoms. The summed E-state index contributed by atoms with van der Waals surface area (Å²) in [6.45, 7) is 1.27. The summed E-state index contributed by atoms with van der Waals surface area (Å²) in [5, 5.41) is 7.23. The van der Waals surface area contributed by atoms with Crippen molar-refractivity contribution in [2.24, 2.45) is 0 Å². The number of fused-ring (bicyclic) bond motifs is 1. The van der Waals surface area contributed by atoms with Gasteiger partial charge in [0.05, 0.1) is 16.3 Å². The largest absolute Gasteiger partial charge is 0.342 e. The molecule has 4 rings (SSSR count). The molecule has 0 radical (unpaired) electrons. The van der Waals surface area contributed by atoms with E-state index in [1.54, 1.807) is 42.7 Å². The van der Waals surface area contributed by atoms with Crippen LogP contribution >= 0.6 is 0 Å². The van der Waals surface area contributed by atoms with E-state index in [1.807, 2.05) is 4.90 Å². The first kappa shape index (κ1) is 19.5. The second-order valence-corrected chi connectivity index (χ2v) is 9.39. The summed E-state index contributed by atoms with van der Waals surface area (Å²) < 4.78 is 24.7. The van der Waals surface area contributed by atoms with Crippen molar-refractivity contribution in [1.29, 1.82) is 0 Å². The monoisotopic (exact) mass is 413 g/mol. The topological polar surface area (TPSA) is 109 Å². The molecule has 2 aromatic heterocycles. The Morgan fingerprint density at radius 1 is 1.17 bits per heavy atom. The van der Waals surface area contributed by atoms with Gasteiger partial charge in [-0.1, -0.05) is 18.2 Å². The zero-order valence-electron chi connectivity index (χ0n) is 16.0. The van der Waals surface area contributed by atoms with Crippen LogP contribution in [-0.2, 0) is 14.6 Å². The zero-order valence-corrected chi connectivity index (χ0v) is 16.8. The van der Waals surface area contributed by atoms with E-state index in [0.29, 0.717) is 30.1 Å². The van der Waals surface area contributed by atoms with Crippen LogP contribution in [0.3, 0.4) is 0 Å². The number of carbonyl (C=O) groups excluding carboxylic acids is 1.